The Morgan fingerprint density at radius 2 is 1.62 bits per heavy atom. The van der Waals surface area contributed by atoms with Crippen LogP contribution in [0.15, 0.2) is 42.6 Å². The van der Waals surface area contributed by atoms with Crippen molar-refractivity contribution in [2.45, 2.75) is 77.7 Å². The molecule has 0 bridgehead atoms. The average Bonchev–Trinajstić information content (AvgIpc) is 2.63. The molecule has 1 heteroatoms. The van der Waals surface area contributed by atoms with E-state index in [0.717, 1.165) is 25.7 Å². The van der Waals surface area contributed by atoms with E-state index in [4.69, 9.17) is 0 Å². The summed E-state index contributed by atoms with van der Waals surface area (Å²) in [7, 11) is 0. The SMILES string of the molecule is CCCc1cc[n+]2c(c1)-c1ccccc1C(C)(CC)C2(CC)CC. The Balaban J connectivity index is 2.36. The Morgan fingerprint density at radius 1 is 0.917 bits per heavy atom. The second-order valence-corrected chi connectivity index (χ2v) is 7.51. The van der Waals surface area contributed by atoms with E-state index in [-0.39, 0.29) is 11.0 Å². The van der Waals surface area contributed by atoms with Gasteiger partial charge >= 0.3 is 0 Å². The maximum atomic E-state index is 2.61. The fourth-order valence-electron chi connectivity index (χ4n) is 5.16. The van der Waals surface area contributed by atoms with Crippen LogP contribution in [-0.4, -0.2) is 0 Å². The predicted octanol–water partition coefficient (Wildman–Crippen LogP) is 5.79. The summed E-state index contributed by atoms with van der Waals surface area (Å²) >= 11 is 0. The van der Waals surface area contributed by atoms with Crippen molar-refractivity contribution in [3.05, 3.63) is 53.7 Å². The third-order valence-electron chi connectivity index (χ3n) is 6.72. The first-order valence-corrected chi connectivity index (χ1v) is 9.72. The highest BCUT2D eigenvalue weighted by atomic mass is 15.1. The topological polar surface area (TPSA) is 3.88 Å². The molecule has 1 unspecified atom stereocenters. The zero-order valence-electron chi connectivity index (χ0n) is 16.0. The van der Waals surface area contributed by atoms with Gasteiger partial charge in [-0.15, -0.1) is 0 Å². The lowest BCUT2D eigenvalue weighted by Crippen LogP contribution is -2.68. The quantitative estimate of drug-likeness (QED) is 0.613. The summed E-state index contributed by atoms with van der Waals surface area (Å²) in [5.41, 5.74) is 6.14. The summed E-state index contributed by atoms with van der Waals surface area (Å²) in [4.78, 5) is 0. The van der Waals surface area contributed by atoms with Crippen molar-refractivity contribution >= 4 is 0 Å². The Morgan fingerprint density at radius 3 is 2.25 bits per heavy atom. The van der Waals surface area contributed by atoms with Gasteiger partial charge in [-0.3, -0.25) is 0 Å². The molecule has 2 heterocycles. The normalized spacial score (nSPS) is 21.2. The first-order valence-electron chi connectivity index (χ1n) is 9.72. The van der Waals surface area contributed by atoms with Crippen LogP contribution in [0.5, 0.6) is 0 Å². The number of pyridine rings is 1. The molecule has 1 aromatic carbocycles. The molecular weight excluding hydrogens is 290 g/mol. The molecule has 0 saturated carbocycles. The number of hydrogen-bond acceptors (Lipinski definition) is 0. The van der Waals surface area contributed by atoms with E-state index in [2.05, 4.69) is 81.8 Å². The zero-order chi connectivity index (χ0) is 17.4. The van der Waals surface area contributed by atoms with Crippen LogP contribution in [-0.2, 0) is 17.4 Å². The second-order valence-electron chi connectivity index (χ2n) is 7.51. The summed E-state index contributed by atoms with van der Waals surface area (Å²) in [6.07, 6.45) is 8.21. The number of rotatable bonds is 5. The van der Waals surface area contributed by atoms with Crippen molar-refractivity contribution in [1.29, 1.82) is 0 Å². The van der Waals surface area contributed by atoms with Gasteiger partial charge in [0.2, 0.25) is 5.69 Å². The van der Waals surface area contributed by atoms with Crippen molar-refractivity contribution in [1.82, 2.24) is 0 Å². The van der Waals surface area contributed by atoms with Gasteiger partial charge in [-0.25, -0.2) is 0 Å². The summed E-state index contributed by atoms with van der Waals surface area (Å²) in [5.74, 6) is 0. The van der Waals surface area contributed by atoms with Crippen molar-refractivity contribution < 1.29 is 4.57 Å². The highest BCUT2D eigenvalue weighted by Crippen LogP contribution is 2.50. The second kappa shape index (κ2) is 6.35. The molecule has 3 rings (SSSR count). The largest absolute Gasteiger partial charge is 0.213 e. The molecule has 0 spiro atoms. The molecule has 1 aliphatic heterocycles. The number of aryl methyl sites for hydroxylation is 1. The molecule has 1 atom stereocenters. The maximum absolute atomic E-state index is 2.61. The molecular formula is C23H32N+. The Bertz CT molecular complexity index is 727. The summed E-state index contributed by atoms with van der Waals surface area (Å²) in [5, 5.41) is 0. The lowest BCUT2D eigenvalue weighted by Gasteiger charge is -2.47. The Labute approximate surface area is 147 Å². The van der Waals surface area contributed by atoms with E-state index >= 15 is 0 Å². The predicted molar refractivity (Wildman–Crippen MR) is 102 cm³/mol. The molecule has 0 amide bonds. The van der Waals surface area contributed by atoms with Gasteiger partial charge in [0.15, 0.2) is 11.7 Å². The van der Waals surface area contributed by atoms with Crippen LogP contribution in [0.3, 0.4) is 0 Å². The highest BCUT2D eigenvalue weighted by Gasteiger charge is 2.58. The number of nitrogens with zero attached hydrogens (tertiary/aromatic N) is 1. The molecule has 0 radical (unpaired) electrons. The standard InChI is InChI=1S/C23H32N/c1-6-12-18-15-16-24-21(17-18)19-13-10-11-14-20(19)22(5,7-2)23(24,8-3)9-4/h10-11,13-17H,6-9,12H2,1-5H3/q+1. The van der Waals surface area contributed by atoms with E-state index in [1.54, 1.807) is 0 Å². The monoisotopic (exact) mass is 322 g/mol. The van der Waals surface area contributed by atoms with E-state index in [1.165, 1.54) is 28.8 Å². The van der Waals surface area contributed by atoms with Crippen LogP contribution in [0.25, 0.3) is 11.3 Å². The van der Waals surface area contributed by atoms with Crippen LogP contribution in [0.1, 0.15) is 71.4 Å². The van der Waals surface area contributed by atoms with Gasteiger partial charge in [0.1, 0.15) is 0 Å². The molecule has 1 nitrogen and oxygen atoms in total. The van der Waals surface area contributed by atoms with E-state index in [9.17, 15) is 0 Å². The molecule has 0 saturated heterocycles. The van der Waals surface area contributed by atoms with Gasteiger partial charge in [-0.1, -0.05) is 52.3 Å². The van der Waals surface area contributed by atoms with Gasteiger partial charge < -0.3 is 0 Å². The number of aromatic nitrogens is 1. The number of fused-ring (bicyclic) bond motifs is 3. The summed E-state index contributed by atoms with van der Waals surface area (Å²) in [6, 6.07) is 13.9. The molecule has 0 fully saturated rings. The Kier molecular flexibility index (Phi) is 4.55. The fraction of sp³-hybridized carbons (Fsp3) is 0.522. The first-order chi connectivity index (χ1) is 11.6. The third kappa shape index (κ3) is 2.17. The van der Waals surface area contributed by atoms with Crippen LogP contribution in [0, 0.1) is 0 Å². The smallest absolute Gasteiger partial charge is 0.192 e. The lowest BCUT2D eigenvalue weighted by molar-refractivity contribution is -0.769. The van der Waals surface area contributed by atoms with E-state index in [0.29, 0.717) is 0 Å². The molecule has 0 aliphatic carbocycles. The summed E-state index contributed by atoms with van der Waals surface area (Å²) < 4.78 is 2.61. The zero-order valence-corrected chi connectivity index (χ0v) is 16.0. The van der Waals surface area contributed by atoms with Crippen LogP contribution < -0.4 is 4.57 Å². The molecule has 2 aromatic rings. The van der Waals surface area contributed by atoms with E-state index < -0.39 is 0 Å². The van der Waals surface area contributed by atoms with Gasteiger partial charge in [-0.05, 0) is 37.0 Å². The third-order valence-corrected chi connectivity index (χ3v) is 6.72. The molecule has 24 heavy (non-hydrogen) atoms. The molecule has 1 aliphatic rings. The highest BCUT2D eigenvalue weighted by molar-refractivity contribution is 5.65. The minimum absolute atomic E-state index is 0.149. The average molecular weight is 323 g/mol. The van der Waals surface area contributed by atoms with Crippen molar-refractivity contribution in [2.75, 3.05) is 0 Å². The number of hydrogen-bond donors (Lipinski definition) is 0. The minimum atomic E-state index is 0.149. The van der Waals surface area contributed by atoms with Crippen LogP contribution >= 0.6 is 0 Å². The summed E-state index contributed by atoms with van der Waals surface area (Å²) in [6.45, 7) is 11.8. The van der Waals surface area contributed by atoms with Crippen LogP contribution in [0.4, 0.5) is 0 Å². The van der Waals surface area contributed by atoms with E-state index in [1.807, 2.05) is 0 Å². The van der Waals surface area contributed by atoms with Crippen molar-refractivity contribution in [3.8, 4) is 11.3 Å². The molecule has 128 valence electrons. The first kappa shape index (κ1) is 17.2. The lowest BCUT2D eigenvalue weighted by atomic mass is 9.59. The fourth-order valence-corrected chi connectivity index (χ4v) is 5.16. The Hall–Kier alpha value is -1.63. The van der Waals surface area contributed by atoms with Crippen molar-refractivity contribution in [3.63, 3.8) is 0 Å². The van der Waals surface area contributed by atoms with Crippen LogP contribution in [0.2, 0.25) is 0 Å². The number of benzene rings is 1. The molecule has 1 aromatic heterocycles. The van der Waals surface area contributed by atoms with Gasteiger partial charge in [-0.2, -0.15) is 4.57 Å². The van der Waals surface area contributed by atoms with Gasteiger partial charge in [0, 0.05) is 25.0 Å². The van der Waals surface area contributed by atoms with Gasteiger partial charge in [0.05, 0.1) is 11.0 Å². The van der Waals surface area contributed by atoms with Crippen molar-refractivity contribution in [2.24, 2.45) is 0 Å². The minimum Gasteiger partial charge on any atom is -0.192 e. The maximum Gasteiger partial charge on any atom is 0.213 e. The van der Waals surface area contributed by atoms with Gasteiger partial charge in [0.25, 0.3) is 0 Å². The molecule has 0 N–H and O–H groups in total.